The highest BCUT2D eigenvalue weighted by Gasteiger charge is 2.49. The Hall–Kier alpha value is -3.90. The minimum absolute atomic E-state index is 0.0264. The van der Waals surface area contributed by atoms with Crippen molar-refractivity contribution in [2.45, 2.75) is 39.3 Å². The van der Waals surface area contributed by atoms with Gasteiger partial charge in [-0.25, -0.2) is 9.78 Å². The van der Waals surface area contributed by atoms with Crippen LogP contribution in [0.15, 0.2) is 40.4 Å². The summed E-state index contributed by atoms with van der Waals surface area (Å²) in [4.78, 5) is 45.4. The molecule has 3 heterocycles. The lowest BCUT2D eigenvalue weighted by Gasteiger charge is -2.24. The molecule has 2 atom stereocenters. The highest BCUT2D eigenvalue weighted by atomic mass is 79.9. The van der Waals surface area contributed by atoms with Crippen molar-refractivity contribution in [2.75, 3.05) is 18.6 Å². The van der Waals surface area contributed by atoms with Crippen molar-refractivity contribution in [1.29, 1.82) is 0 Å². The maximum atomic E-state index is 13.6. The third-order valence-electron chi connectivity index (χ3n) is 6.65. The lowest BCUT2D eigenvalue weighted by atomic mass is 9.94. The first-order chi connectivity index (χ1) is 19.0. The average Bonchev–Trinajstić information content (AvgIpc) is 3.57. The molecular formula is C28H25BrN2O8S. The molecule has 2 unspecified atom stereocenters. The van der Waals surface area contributed by atoms with E-state index in [1.165, 1.54) is 19.2 Å². The van der Waals surface area contributed by atoms with Gasteiger partial charge >= 0.3 is 11.9 Å². The predicted octanol–water partition coefficient (Wildman–Crippen LogP) is 5.05. The first kappa shape index (κ1) is 27.7. The number of aryl methyl sites for hydroxylation is 1. The van der Waals surface area contributed by atoms with Crippen molar-refractivity contribution in [3.63, 3.8) is 0 Å². The number of hydrogen-bond acceptors (Lipinski definition) is 10. The van der Waals surface area contributed by atoms with E-state index in [0.717, 1.165) is 21.8 Å². The van der Waals surface area contributed by atoms with Crippen molar-refractivity contribution in [2.24, 2.45) is 0 Å². The number of phenolic OH excluding ortho intramolecular Hbond substituents is 1. The number of ether oxygens (including phenoxy) is 3. The SMILES string of the molecule is CCOC(=O)c1sc(N2C(=O)C(=O)C(=C(O)c3ccc4c(c3)CC(C)O4)C2c2cc(Br)c(O)c(OC)c2)nc1C. The van der Waals surface area contributed by atoms with Crippen molar-refractivity contribution >= 4 is 55.8 Å². The number of rotatable bonds is 6. The van der Waals surface area contributed by atoms with Crippen molar-refractivity contribution in [3.8, 4) is 17.2 Å². The molecule has 5 rings (SSSR count). The van der Waals surface area contributed by atoms with Crippen LogP contribution >= 0.6 is 27.3 Å². The molecule has 0 spiro atoms. The third-order valence-corrected chi connectivity index (χ3v) is 8.39. The summed E-state index contributed by atoms with van der Waals surface area (Å²) >= 11 is 4.21. The molecular weight excluding hydrogens is 604 g/mol. The first-order valence-corrected chi connectivity index (χ1v) is 14.0. The van der Waals surface area contributed by atoms with E-state index < -0.39 is 23.7 Å². The van der Waals surface area contributed by atoms with Crippen LogP contribution in [0.3, 0.4) is 0 Å². The number of fused-ring (bicyclic) bond motifs is 1. The van der Waals surface area contributed by atoms with E-state index in [4.69, 9.17) is 14.2 Å². The number of carbonyl (C=O) groups excluding carboxylic acids is 3. The summed E-state index contributed by atoms with van der Waals surface area (Å²) in [6.45, 7) is 5.37. The summed E-state index contributed by atoms with van der Waals surface area (Å²) in [7, 11) is 1.37. The van der Waals surface area contributed by atoms with Crippen LogP contribution < -0.4 is 14.4 Å². The maximum absolute atomic E-state index is 13.6. The van der Waals surface area contributed by atoms with E-state index in [9.17, 15) is 24.6 Å². The highest BCUT2D eigenvalue weighted by Crippen LogP contribution is 2.47. The van der Waals surface area contributed by atoms with Gasteiger partial charge < -0.3 is 24.4 Å². The zero-order valence-corrected chi connectivity index (χ0v) is 24.4. The van der Waals surface area contributed by atoms with Gasteiger partial charge in [-0.1, -0.05) is 11.3 Å². The average molecular weight is 629 g/mol. The number of aliphatic hydroxyl groups excluding tert-OH is 1. The Morgan fingerprint density at radius 1 is 1.27 bits per heavy atom. The normalized spacial score (nSPS) is 19.5. The van der Waals surface area contributed by atoms with Gasteiger partial charge in [0.25, 0.3) is 5.78 Å². The monoisotopic (exact) mass is 628 g/mol. The zero-order valence-electron chi connectivity index (χ0n) is 22.0. The van der Waals surface area contributed by atoms with Gasteiger partial charge in [-0.2, -0.15) is 0 Å². The van der Waals surface area contributed by atoms with Crippen LogP contribution in [0.4, 0.5) is 5.13 Å². The number of anilines is 1. The molecule has 1 saturated heterocycles. The number of Topliss-reactive ketones (excluding diaryl/α,β-unsaturated/α-hetero) is 1. The van der Waals surface area contributed by atoms with Crippen LogP contribution in [0, 0.1) is 6.92 Å². The summed E-state index contributed by atoms with van der Waals surface area (Å²) in [5.41, 5.74) is 1.71. The Kier molecular flexibility index (Phi) is 7.32. The van der Waals surface area contributed by atoms with Crippen LogP contribution in [0.1, 0.15) is 51.9 Å². The Morgan fingerprint density at radius 2 is 2.02 bits per heavy atom. The fraction of sp³-hybridized carbons (Fsp3) is 0.286. The minimum Gasteiger partial charge on any atom is -0.507 e. The fourth-order valence-electron chi connectivity index (χ4n) is 4.85. The maximum Gasteiger partial charge on any atom is 0.350 e. The molecule has 40 heavy (non-hydrogen) atoms. The molecule has 1 amide bonds. The van der Waals surface area contributed by atoms with Crippen molar-refractivity contribution in [3.05, 3.63) is 67.6 Å². The molecule has 2 aliphatic heterocycles. The lowest BCUT2D eigenvalue weighted by molar-refractivity contribution is -0.132. The van der Waals surface area contributed by atoms with E-state index >= 15 is 0 Å². The molecule has 1 aromatic heterocycles. The van der Waals surface area contributed by atoms with Gasteiger partial charge in [-0.3, -0.25) is 14.5 Å². The van der Waals surface area contributed by atoms with Crippen LogP contribution in [0.25, 0.3) is 5.76 Å². The number of carbonyl (C=O) groups is 3. The standard InChI is InChI=1S/C28H25BrN2O8S/c1-5-38-27(36)25-13(3)30-28(40-25)31-21(16-10-17(29)23(33)19(11-16)37-4)20(24(34)26(31)35)22(32)14-6-7-18-15(9-14)8-12(2)39-18/h6-7,9-12,21,32-33H,5,8H2,1-4H3. The number of hydrogen-bond donors (Lipinski definition) is 2. The van der Waals surface area contributed by atoms with Gasteiger partial charge in [0.15, 0.2) is 16.6 Å². The number of aliphatic hydroxyl groups is 1. The Bertz CT molecular complexity index is 1600. The predicted molar refractivity (Wildman–Crippen MR) is 150 cm³/mol. The van der Waals surface area contributed by atoms with E-state index in [0.29, 0.717) is 29.0 Å². The number of benzene rings is 2. The molecule has 208 valence electrons. The molecule has 0 aliphatic carbocycles. The Morgan fingerprint density at radius 3 is 2.73 bits per heavy atom. The van der Waals surface area contributed by atoms with Crippen LogP contribution in [0.2, 0.25) is 0 Å². The van der Waals surface area contributed by atoms with Gasteiger partial charge in [0.1, 0.15) is 22.5 Å². The number of thiazole rings is 1. The second-order valence-corrected chi connectivity index (χ2v) is 11.1. The molecule has 0 bridgehead atoms. The Labute approximate surface area is 241 Å². The minimum atomic E-state index is -1.16. The molecule has 2 aliphatic rings. The number of nitrogens with zero attached hydrogens (tertiary/aromatic N) is 2. The van der Waals surface area contributed by atoms with E-state index in [2.05, 4.69) is 20.9 Å². The fourth-order valence-corrected chi connectivity index (χ4v) is 6.30. The number of aromatic nitrogens is 1. The first-order valence-electron chi connectivity index (χ1n) is 12.4. The molecule has 1 fully saturated rings. The second-order valence-electron chi connectivity index (χ2n) is 9.31. The molecule has 2 aromatic carbocycles. The van der Waals surface area contributed by atoms with Crippen molar-refractivity contribution < 1.29 is 38.8 Å². The van der Waals surface area contributed by atoms with Gasteiger partial charge in [0.2, 0.25) is 0 Å². The summed E-state index contributed by atoms with van der Waals surface area (Å²) < 4.78 is 16.4. The quantitative estimate of drug-likeness (QED) is 0.166. The van der Waals surface area contributed by atoms with Gasteiger partial charge in [0, 0.05) is 12.0 Å². The molecule has 0 radical (unpaired) electrons. The molecule has 12 heteroatoms. The van der Waals surface area contributed by atoms with Gasteiger partial charge in [0.05, 0.1) is 35.5 Å². The summed E-state index contributed by atoms with van der Waals surface area (Å²) in [5, 5.41) is 22.0. The van der Waals surface area contributed by atoms with Crippen LogP contribution in [-0.2, 0) is 20.7 Å². The van der Waals surface area contributed by atoms with E-state index in [1.54, 1.807) is 32.0 Å². The number of amides is 1. The van der Waals surface area contributed by atoms with Gasteiger partial charge in [-0.05, 0) is 78.2 Å². The summed E-state index contributed by atoms with van der Waals surface area (Å²) in [6, 6.07) is 6.92. The van der Waals surface area contributed by atoms with E-state index in [-0.39, 0.29) is 50.0 Å². The van der Waals surface area contributed by atoms with Crippen LogP contribution in [-0.4, -0.2) is 52.7 Å². The van der Waals surface area contributed by atoms with Gasteiger partial charge in [-0.15, -0.1) is 0 Å². The summed E-state index contributed by atoms with van der Waals surface area (Å²) in [6.07, 6.45) is 0.604. The zero-order chi connectivity index (χ0) is 28.9. The number of ketones is 1. The van der Waals surface area contributed by atoms with Crippen LogP contribution in [0.5, 0.6) is 17.2 Å². The number of phenols is 1. The largest absolute Gasteiger partial charge is 0.507 e. The topological polar surface area (TPSA) is 135 Å². The Balaban J connectivity index is 1.72. The molecule has 2 N–H and O–H groups in total. The third kappa shape index (κ3) is 4.60. The molecule has 3 aromatic rings. The number of aromatic hydroxyl groups is 1. The second kappa shape index (κ2) is 10.6. The number of halogens is 1. The molecule has 10 nitrogen and oxygen atoms in total. The number of methoxy groups -OCH3 is 1. The number of esters is 1. The van der Waals surface area contributed by atoms with E-state index in [1.807, 2.05) is 6.92 Å². The summed E-state index contributed by atoms with van der Waals surface area (Å²) in [5.74, 6) is -2.24. The smallest absolute Gasteiger partial charge is 0.350 e. The van der Waals surface area contributed by atoms with Crippen molar-refractivity contribution in [1.82, 2.24) is 4.98 Å². The molecule has 0 saturated carbocycles. The highest BCUT2D eigenvalue weighted by molar-refractivity contribution is 9.10. The lowest BCUT2D eigenvalue weighted by Crippen LogP contribution is -2.29.